The smallest absolute Gasteiger partial charge is 0.351 e. The summed E-state index contributed by atoms with van der Waals surface area (Å²) in [6.07, 6.45) is 0. The third kappa shape index (κ3) is 1.50. The van der Waals surface area contributed by atoms with E-state index in [2.05, 4.69) is 4.74 Å². The highest BCUT2D eigenvalue weighted by molar-refractivity contribution is 7.21. The minimum Gasteiger partial charge on any atom is -0.505 e. The predicted octanol–water partition coefficient (Wildman–Crippen LogP) is 1.98. The zero-order valence-electron chi connectivity index (χ0n) is 7.98. The van der Waals surface area contributed by atoms with Gasteiger partial charge in [-0.3, -0.25) is 0 Å². The fraction of sp³-hybridized carbons (Fsp3) is 0.100. The molecule has 5 heteroatoms. The van der Waals surface area contributed by atoms with E-state index in [1.54, 1.807) is 18.2 Å². The van der Waals surface area contributed by atoms with E-state index < -0.39 is 5.97 Å². The Morgan fingerprint density at radius 1 is 1.53 bits per heavy atom. The molecule has 3 N–H and O–H groups in total. The number of nitrogens with two attached hydrogens (primary N) is 1. The number of esters is 1. The van der Waals surface area contributed by atoms with Gasteiger partial charge in [0.1, 0.15) is 5.75 Å². The van der Waals surface area contributed by atoms with E-state index in [0.29, 0.717) is 11.1 Å². The van der Waals surface area contributed by atoms with Crippen LogP contribution >= 0.6 is 11.3 Å². The lowest BCUT2D eigenvalue weighted by Crippen LogP contribution is -1.97. The van der Waals surface area contributed by atoms with Crippen molar-refractivity contribution in [3.05, 3.63) is 23.1 Å². The fourth-order valence-electron chi connectivity index (χ4n) is 1.33. The van der Waals surface area contributed by atoms with E-state index in [-0.39, 0.29) is 10.6 Å². The average Bonchev–Trinajstić information content (AvgIpc) is 2.55. The van der Waals surface area contributed by atoms with Crippen LogP contribution in [0.2, 0.25) is 0 Å². The lowest BCUT2D eigenvalue weighted by molar-refractivity contribution is 0.0603. The normalized spacial score (nSPS) is 10.5. The highest BCUT2D eigenvalue weighted by atomic mass is 32.1. The molecule has 0 bridgehead atoms. The average molecular weight is 223 g/mol. The quantitative estimate of drug-likeness (QED) is 0.572. The van der Waals surface area contributed by atoms with E-state index in [1.807, 2.05) is 0 Å². The van der Waals surface area contributed by atoms with Crippen LogP contribution in [0.4, 0.5) is 5.69 Å². The molecule has 0 unspecified atom stereocenters. The number of carbonyl (C=O) groups is 1. The van der Waals surface area contributed by atoms with Crippen molar-refractivity contribution in [1.29, 1.82) is 0 Å². The number of nitrogen functional groups attached to an aromatic ring is 1. The summed E-state index contributed by atoms with van der Waals surface area (Å²) in [7, 11) is 1.28. The van der Waals surface area contributed by atoms with Gasteiger partial charge in [-0.1, -0.05) is 0 Å². The number of hydrogen-bond acceptors (Lipinski definition) is 5. The fourth-order valence-corrected chi connectivity index (χ4v) is 2.33. The second kappa shape index (κ2) is 3.43. The second-order valence-corrected chi connectivity index (χ2v) is 4.08. The van der Waals surface area contributed by atoms with Crippen LogP contribution < -0.4 is 5.73 Å². The maximum atomic E-state index is 11.3. The van der Waals surface area contributed by atoms with Crippen LogP contribution in [0.15, 0.2) is 18.2 Å². The van der Waals surface area contributed by atoms with E-state index in [0.717, 1.165) is 4.70 Å². The minimum atomic E-state index is -0.535. The van der Waals surface area contributed by atoms with Gasteiger partial charge in [0, 0.05) is 15.8 Å². The van der Waals surface area contributed by atoms with Crippen LogP contribution in [0.3, 0.4) is 0 Å². The number of thiophene rings is 1. The van der Waals surface area contributed by atoms with Crippen molar-refractivity contribution in [2.45, 2.75) is 0 Å². The molecule has 0 aliphatic heterocycles. The first kappa shape index (κ1) is 9.79. The number of fused-ring (bicyclic) bond motifs is 1. The Hall–Kier alpha value is -1.75. The van der Waals surface area contributed by atoms with Crippen LogP contribution in [-0.2, 0) is 4.74 Å². The second-order valence-electron chi connectivity index (χ2n) is 3.03. The summed E-state index contributed by atoms with van der Waals surface area (Å²) >= 11 is 1.19. The zero-order valence-corrected chi connectivity index (χ0v) is 8.80. The van der Waals surface area contributed by atoms with Crippen molar-refractivity contribution < 1.29 is 14.6 Å². The van der Waals surface area contributed by atoms with Gasteiger partial charge < -0.3 is 15.6 Å². The molecule has 0 amide bonds. The maximum Gasteiger partial charge on any atom is 0.351 e. The van der Waals surface area contributed by atoms with E-state index >= 15 is 0 Å². The zero-order chi connectivity index (χ0) is 11.0. The molecule has 1 heterocycles. The van der Waals surface area contributed by atoms with Crippen LogP contribution in [0.5, 0.6) is 5.75 Å². The molecule has 15 heavy (non-hydrogen) atoms. The Morgan fingerprint density at radius 3 is 2.93 bits per heavy atom. The lowest BCUT2D eigenvalue weighted by atomic mass is 10.2. The summed E-state index contributed by atoms with van der Waals surface area (Å²) in [6.45, 7) is 0. The minimum absolute atomic E-state index is 0.0610. The van der Waals surface area contributed by atoms with Crippen molar-refractivity contribution in [2.75, 3.05) is 12.8 Å². The van der Waals surface area contributed by atoms with Crippen LogP contribution in [0.25, 0.3) is 10.1 Å². The molecule has 0 fully saturated rings. The van der Waals surface area contributed by atoms with E-state index in [4.69, 9.17) is 5.73 Å². The molecule has 0 spiro atoms. The summed E-state index contributed by atoms with van der Waals surface area (Å²) < 4.78 is 5.36. The van der Waals surface area contributed by atoms with Gasteiger partial charge in [-0.15, -0.1) is 11.3 Å². The number of carbonyl (C=O) groups excluding carboxylic acids is 1. The Bertz CT molecular complexity index is 533. The van der Waals surface area contributed by atoms with Gasteiger partial charge in [0.05, 0.1) is 7.11 Å². The highest BCUT2D eigenvalue weighted by Gasteiger charge is 2.18. The number of hydrogen-bond donors (Lipinski definition) is 2. The van der Waals surface area contributed by atoms with E-state index in [1.165, 1.54) is 18.4 Å². The van der Waals surface area contributed by atoms with Crippen LogP contribution in [-0.4, -0.2) is 18.2 Å². The molecule has 1 aromatic carbocycles. The third-order valence-corrected chi connectivity index (χ3v) is 3.20. The number of methoxy groups -OCH3 is 1. The first-order chi connectivity index (χ1) is 7.13. The molecule has 1 aromatic heterocycles. The van der Waals surface area contributed by atoms with Gasteiger partial charge >= 0.3 is 5.97 Å². The van der Waals surface area contributed by atoms with Crippen molar-refractivity contribution in [2.24, 2.45) is 0 Å². The summed E-state index contributed by atoms with van der Waals surface area (Å²) in [6, 6.07) is 5.12. The van der Waals surface area contributed by atoms with Crippen molar-refractivity contribution in [1.82, 2.24) is 0 Å². The predicted molar refractivity (Wildman–Crippen MR) is 59.2 cm³/mol. The summed E-state index contributed by atoms with van der Waals surface area (Å²) in [5.74, 6) is -0.596. The summed E-state index contributed by atoms with van der Waals surface area (Å²) in [4.78, 5) is 11.5. The van der Waals surface area contributed by atoms with Crippen LogP contribution in [0.1, 0.15) is 9.67 Å². The molecule has 0 atom stereocenters. The topological polar surface area (TPSA) is 72.5 Å². The largest absolute Gasteiger partial charge is 0.505 e. The lowest BCUT2D eigenvalue weighted by Gasteiger charge is -1.95. The highest BCUT2D eigenvalue weighted by Crippen LogP contribution is 2.37. The Morgan fingerprint density at radius 2 is 2.27 bits per heavy atom. The number of aromatic hydroxyl groups is 1. The monoisotopic (exact) mass is 223 g/mol. The molecule has 78 valence electrons. The number of rotatable bonds is 1. The molecule has 0 radical (unpaired) electrons. The number of benzene rings is 1. The van der Waals surface area contributed by atoms with Gasteiger partial charge in [0.15, 0.2) is 4.88 Å². The molecular weight excluding hydrogens is 214 g/mol. The molecule has 0 saturated carbocycles. The van der Waals surface area contributed by atoms with Gasteiger partial charge in [-0.05, 0) is 18.2 Å². The Kier molecular flexibility index (Phi) is 2.24. The van der Waals surface area contributed by atoms with E-state index in [9.17, 15) is 9.90 Å². The van der Waals surface area contributed by atoms with Gasteiger partial charge in [-0.25, -0.2) is 4.79 Å². The molecule has 2 aromatic rings. The van der Waals surface area contributed by atoms with Gasteiger partial charge in [0.2, 0.25) is 0 Å². The molecule has 0 aliphatic rings. The molecular formula is C10H9NO3S. The number of ether oxygens (including phenoxy) is 1. The Balaban J connectivity index is 2.69. The van der Waals surface area contributed by atoms with Crippen LogP contribution in [0, 0.1) is 0 Å². The molecule has 0 aliphatic carbocycles. The van der Waals surface area contributed by atoms with Crippen molar-refractivity contribution in [3.63, 3.8) is 0 Å². The first-order valence-electron chi connectivity index (χ1n) is 4.23. The third-order valence-electron chi connectivity index (χ3n) is 2.06. The number of anilines is 1. The van der Waals surface area contributed by atoms with Crippen molar-refractivity contribution >= 4 is 33.1 Å². The molecule has 2 rings (SSSR count). The molecule has 4 nitrogen and oxygen atoms in total. The van der Waals surface area contributed by atoms with Crippen molar-refractivity contribution in [3.8, 4) is 5.75 Å². The standard InChI is InChI=1S/C10H9NO3S/c1-14-10(13)9-8(12)6-4-5(11)2-3-7(6)15-9/h2-4,12H,11H2,1H3. The maximum absolute atomic E-state index is 11.3. The SMILES string of the molecule is COC(=O)c1sc2ccc(N)cc2c1O. The molecule has 0 saturated heterocycles. The summed E-state index contributed by atoms with van der Waals surface area (Å²) in [5.41, 5.74) is 6.14. The van der Waals surface area contributed by atoms with Gasteiger partial charge in [-0.2, -0.15) is 0 Å². The first-order valence-corrected chi connectivity index (χ1v) is 5.04. The Labute approximate surface area is 89.9 Å². The summed E-state index contributed by atoms with van der Waals surface area (Å²) in [5, 5.41) is 10.4. The van der Waals surface area contributed by atoms with Gasteiger partial charge in [0.25, 0.3) is 0 Å².